The van der Waals surface area contributed by atoms with Gasteiger partial charge >= 0.3 is 0 Å². The molecule has 0 heterocycles. The number of hydrazine groups is 1. The fraction of sp³-hybridized carbons (Fsp3) is 0.533. The van der Waals surface area contributed by atoms with Gasteiger partial charge in [0.2, 0.25) is 0 Å². The molecule has 1 fully saturated rings. The minimum Gasteiger partial charge on any atom is -0.494 e. The van der Waals surface area contributed by atoms with E-state index in [0.29, 0.717) is 6.04 Å². The summed E-state index contributed by atoms with van der Waals surface area (Å²) in [5.41, 5.74) is 3.71. The molecule has 0 aliphatic heterocycles. The van der Waals surface area contributed by atoms with Crippen molar-refractivity contribution in [3.8, 4) is 5.75 Å². The van der Waals surface area contributed by atoms with Gasteiger partial charge in [0.15, 0.2) is 0 Å². The van der Waals surface area contributed by atoms with Gasteiger partial charge in [-0.15, -0.1) is 0 Å². The van der Waals surface area contributed by atoms with Crippen molar-refractivity contribution in [1.29, 1.82) is 0 Å². The topological polar surface area (TPSA) is 59.6 Å². The second kappa shape index (κ2) is 7.14. The van der Waals surface area contributed by atoms with E-state index in [4.69, 9.17) is 15.6 Å². The number of benzene rings is 1. The van der Waals surface area contributed by atoms with Crippen LogP contribution in [0.25, 0.3) is 0 Å². The molecule has 0 unspecified atom stereocenters. The standard InChI is InChI=1S/C15H23N3O/c1-2-10-19-14-9-5-6-12(11-14)15(18-16)17-13-7-3-4-8-13/h5-6,9,11,13H,2-4,7-8,10,16H2,1H3,(H,17,18). The van der Waals surface area contributed by atoms with Crippen molar-refractivity contribution in [1.82, 2.24) is 5.43 Å². The lowest BCUT2D eigenvalue weighted by molar-refractivity contribution is 0.317. The number of ether oxygens (including phenoxy) is 1. The Kier molecular flexibility index (Phi) is 5.21. The van der Waals surface area contributed by atoms with Crippen molar-refractivity contribution < 1.29 is 4.74 Å². The lowest BCUT2D eigenvalue weighted by Crippen LogP contribution is -2.32. The highest BCUT2D eigenvalue weighted by molar-refractivity contribution is 5.98. The molecule has 0 saturated heterocycles. The number of aliphatic imine (C=N–C) groups is 1. The molecule has 0 amide bonds. The van der Waals surface area contributed by atoms with E-state index in [1.54, 1.807) is 0 Å². The molecule has 1 aromatic carbocycles. The van der Waals surface area contributed by atoms with Crippen LogP contribution in [0.2, 0.25) is 0 Å². The van der Waals surface area contributed by atoms with Gasteiger partial charge < -0.3 is 10.2 Å². The largest absolute Gasteiger partial charge is 0.494 e. The Bertz CT molecular complexity index is 425. The average Bonchev–Trinajstić information content (AvgIpc) is 2.96. The van der Waals surface area contributed by atoms with E-state index in [-0.39, 0.29) is 0 Å². The first-order valence-corrected chi connectivity index (χ1v) is 7.11. The second-order valence-corrected chi connectivity index (χ2v) is 4.94. The fourth-order valence-corrected chi connectivity index (χ4v) is 2.36. The Morgan fingerprint density at radius 1 is 1.42 bits per heavy atom. The molecular weight excluding hydrogens is 238 g/mol. The van der Waals surface area contributed by atoms with E-state index >= 15 is 0 Å². The van der Waals surface area contributed by atoms with Gasteiger partial charge in [-0.05, 0) is 31.4 Å². The molecule has 1 aliphatic carbocycles. The first kappa shape index (κ1) is 13.9. The number of hydrogen-bond donors (Lipinski definition) is 2. The van der Waals surface area contributed by atoms with Crippen LogP contribution >= 0.6 is 0 Å². The molecule has 104 valence electrons. The molecule has 3 N–H and O–H groups in total. The Morgan fingerprint density at radius 2 is 2.21 bits per heavy atom. The van der Waals surface area contributed by atoms with Gasteiger partial charge in [-0.2, -0.15) is 0 Å². The molecule has 0 spiro atoms. The minimum absolute atomic E-state index is 0.409. The third kappa shape index (κ3) is 3.96. The van der Waals surface area contributed by atoms with E-state index in [0.717, 1.165) is 43.0 Å². The molecule has 0 aromatic heterocycles. The van der Waals surface area contributed by atoms with Crippen molar-refractivity contribution >= 4 is 5.84 Å². The van der Waals surface area contributed by atoms with Gasteiger partial charge in [0, 0.05) is 5.56 Å². The quantitative estimate of drug-likeness (QED) is 0.371. The summed E-state index contributed by atoms with van der Waals surface area (Å²) in [4.78, 5) is 4.71. The van der Waals surface area contributed by atoms with Gasteiger partial charge in [0.1, 0.15) is 11.6 Å². The lowest BCUT2D eigenvalue weighted by Gasteiger charge is -2.11. The van der Waals surface area contributed by atoms with Crippen molar-refractivity contribution in [2.45, 2.75) is 45.1 Å². The Morgan fingerprint density at radius 3 is 2.89 bits per heavy atom. The van der Waals surface area contributed by atoms with E-state index in [9.17, 15) is 0 Å². The zero-order valence-corrected chi connectivity index (χ0v) is 11.6. The summed E-state index contributed by atoms with van der Waals surface area (Å²) in [6.07, 6.45) is 5.87. The second-order valence-electron chi connectivity index (χ2n) is 4.94. The number of nitrogens with zero attached hydrogens (tertiary/aromatic N) is 1. The molecule has 0 atom stereocenters. The molecule has 4 heteroatoms. The summed E-state index contributed by atoms with van der Waals surface area (Å²) < 4.78 is 5.64. The van der Waals surface area contributed by atoms with Gasteiger partial charge in [0.25, 0.3) is 0 Å². The molecule has 0 bridgehead atoms. The van der Waals surface area contributed by atoms with E-state index in [1.807, 2.05) is 24.3 Å². The third-order valence-electron chi connectivity index (χ3n) is 3.35. The number of nitrogens with two attached hydrogens (primary N) is 1. The number of nitrogens with one attached hydrogen (secondary N) is 1. The summed E-state index contributed by atoms with van der Waals surface area (Å²) in [5.74, 6) is 7.24. The third-order valence-corrected chi connectivity index (χ3v) is 3.35. The van der Waals surface area contributed by atoms with E-state index in [1.165, 1.54) is 12.8 Å². The maximum atomic E-state index is 5.64. The zero-order chi connectivity index (χ0) is 13.5. The van der Waals surface area contributed by atoms with Gasteiger partial charge in [-0.3, -0.25) is 4.99 Å². The predicted octanol–water partition coefficient (Wildman–Crippen LogP) is 2.63. The van der Waals surface area contributed by atoms with Crippen molar-refractivity contribution in [3.05, 3.63) is 29.8 Å². The van der Waals surface area contributed by atoms with Gasteiger partial charge in [-0.25, -0.2) is 5.84 Å². The highest BCUT2D eigenvalue weighted by Gasteiger charge is 2.15. The molecule has 1 aromatic rings. The van der Waals surface area contributed by atoms with Crippen LogP contribution < -0.4 is 16.0 Å². The molecular formula is C15H23N3O. The maximum Gasteiger partial charge on any atom is 0.142 e. The van der Waals surface area contributed by atoms with E-state index in [2.05, 4.69) is 12.3 Å². The monoisotopic (exact) mass is 261 g/mol. The Hall–Kier alpha value is -1.55. The Labute approximate surface area is 115 Å². The SMILES string of the molecule is CCCOc1cccc(C(=NC2CCCC2)NN)c1. The molecule has 1 saturated carbocycles. The maximum absolute atomic E-state index is 5.64. The number of amidine groups is 1. The molecule has 19 heavy (non-hydrogen) atoms. The van der Waals surface area contributed by atoms with Crippen LogP contribution in [-0.4, -0.2) is 18.5 Å². The smallest absolute Gasteiger partial charge is 0.142 e. The normalized spacial score (nSPS) is 16.6. The zero-order valence-electron chi connectivity index (χ0n) is 11.6. The van der Waals surface area contributed by atoms with Crippen molar-refractivity contribution in [3.63, 3.8) is 0 Å². The summed E-state index contributed by atoms with van der Waals surface area (Å²) in [7, 11) is 0. The van der Waals surface area contributed by atoms with Crippen molar-refractivity contribution in [2.75, 3.05) is 6.61 Å². The summed E-state index contributed by atoms with van der Waals surface area (Å²) in [5, 5.41) is 0. The summed E-state index contributed by atoms with van der Waals surface area (Å²) in [6.45, 7) is 2.83. The molecule has 4 nitrogen and oxygen atoms in total. The molecule has 0 radical (unpaired) electrons. The van der Waals surface area contributed by atoms with Crippen LogP contribution in [0, 0.1) is 0 Å². The highest BCUT2D eigenvalue weighted by Crippen LogP contribution is 2.22. The van der Waals surface area contributed by atoms with Crippen LogP contribution in [0.5, 0.6) is 5.75 Å². The molecule has 2 rings (SSSR count). The average molecular weight is 261 g/mol. The van der Waals surface area contributed by atoms with E-state index < -0.39 is 0 Å². The summed E-state index contributed by atoms with van der Waals surface area (Å²) >= 11 is 0. The van der Waals surface area contributed by atoms with Crippen LogP contribution in [-0.2, 0) is 0 Å². The fourth-order valence-electron chi connectivity index (χ4n) is 2.36. The number of hydrogen-bond acceptors (Lipinski definition) is 3. The first-order valence-electron chi connectivity index (χ1n) is 7.11. The number of rotatable bonds is 5. The Balaban J connectivity index is 2.12. The van der Waals surface area contributed by atoms with Gasteiger partial charge in [0.05, 0.1) is 12.6 Å². The summed E-state index contributed by atoms with van der Waals surface area (Å²) in [6, 6.07) is 8.34. The molecule has 1 aliphatic rings. The lowest BCUT2D eigenvalue weighted by atomic mass is 10.2. The van der Waals surface area contributed by atoms with Gasteiger partial charge in [-0.1, -0.05) is 31.9 Å². The minimum atomic E-state index is 0.409. The first-order chi connectivity index (χ1) is 9.33. The predicted molar refractivity (Wildman–Crippen MR) is 78.3 cm³/mol. The van der Waals surface area contributed by atoms with Crippen LogP contribution in [0.1, 0.15) is 44.6 Å². The highest BCUT2D eigenvalue weighted by atomic mass is 16.5. The van der Waals surface area contributed by atoms with Crippen LogP contribution in [0.4, 0.5) is 0 Å². The van der Waals surface area contributed by atoms with Crippen LogP contribution in [0.15, 0.2) is 29.3 Å². The van der Waals surface area contributed by atoms with Crippen LogP contribution in [0.3, 0.4) is 0 Å². The van der Waals surface area contributed by atoms with Crippen molar-refractivity contribution in [2.24, 2.45) is 10.8 Å².